The fourth-order valence-electron chi connectivity index (χ4n) is 3.06. The Kier molecular flexibility index (Phi) is 17.2. The standard InChI is InChI=1S/C16H31BrO2.C5H6O4/c17-15-13-11-9-7-5-3-1-2-4-6-8-10-12-14-16(18)19;6-4(7)2-1-3(2)5(8)9/h1-15H2,(H,18,19);2-3H,1H2,(H,6,7)(H,8,9). The van der Waals surface area contributed by atoms with Gasteiger partial charge in [0.2, 0.25) is 0 Å². The summed E-state index contributed by atoms with van der Waals surface area (Å²) < 4.78 is 0. The first kappa shape index (κ1) is 26.9. The van der Waals surface area contributed by atoms with Crippen LogP contribution in [0.1, 0.15) is 96.3 Å². The Labute approximate surface area is 177 Å². The van der Waals surface area contributed by atoms with Crippen molar-refractivity contribution >= 4 is 33.8 Å². The van der Waals surface area contributed by atoms with E-state index in [9.17, 15) is 14.4 Å². The Bertz CT molecular complexity index is 423. The van der Waals surface area contributed by atoms with Crippen molar-refractivity contribution in [2.45, 2.75) is 96.3 Å². The zero-order chi connectivity index (χ0) is 21.2. The van der Waals surface area contributed by atoms with Gasteiger partial charge in [0, 0.05) is 11.8 Å². The van der Waals surface area contributed by atoms with Gasteiger partial charge in [-0.15, -0.1) is 0 Å². The van der Waals surface area contributed by atoms with Crippen LogP contribution < -0.4 is 0 Å². The van der Waals surface area contributed by atoms with Crippen LogP contribution in [0.5, 0.6) is 0 Å². The van der Waals surface area contributed by atoms with Gasteiger partial charge in [-0.05, 0) is 19.3 Å². The van der Waals surface area contributed by atoms with E-state index in [4.69, 9.17) is 15.3 Å². The van der Waals surface area contributed by atoms with Gasteiger partial charge < -0.3 is 15.3 Å². The topological polar surface area (TPSA) is 112 Å². The third-order valence-electron chi connectivity index (χ3n) is 4.95. The molecule has 2 atom stereocenters. The Morgan fingerprint density at radius 2 is 0.929 bits per heavy atom. The van der Waals surface area contributed by atoms with E-state index in [-0.39, 0.29) is 0 Å². The largest absolute Gasteiger partial charge is 0.481 e. The highest BCUT2D eigenvalue weighted by molar-refractivity contribution is 9.09. The molecule has 1 saturated carbocycles. The summed E-state index contributed by atoms with van der Waals surface area (Å²) in [4.78, 5) is 30.3. The van der Waals surface area contributed by atoms with Crippen LogP contribution in [0.4, 0.5) is 0 Å². The molecule has 0 radical (unpaired) electrons. The third kappa shape index (κ3) is 17.0. The maximum absolute atomic E-state index is 10.3. The van der Waals surface area contributed by atoms with Crippen molar-refractivity contribution in [3.63, 3.8) is 0 Å². The number of carbonyl (C=O) groups is 3. The molecular weight excluding hydrogens is 428 g/mol. The Morgan fingerprint density at radius 3 is 1.18 bits per heavy atom. The van der Waals surface area contributed by atoms with Gasteiger partial charge in [0.15, 0.2) is 0 Å². The molecule has 0 aromatic heterocycles. The lowest BCUT2D eigenvalue weighted by atomic mass is 10.0. The lowest BCUT2D eigenvalue weighted by Gasteiger charge is -2.02. The minimum absolute atomic E-state index is 0.296. The van der Waals surface area contributed by atoms with Crippen LogP contribution in [0.25, 0.3) is 0 Å². The summed E-state index contributed by atoms with van der Waals surface area (Å²) in [6.07, 6.45) is 17.4. The number of carboxylic acid groups (broad SMARTS) is 3. The van der Waals surface area contributed by atoms with Gasteiger partial charge in [0.05, 0.1) is 11.8 Å². The molecule has 0 spiro atoms. The van der Waals surface area contributed by atoms with Crippen molar-refractivity contribution in [3.8, 4) is 0 Å². The third-order valence-corrected chi connectivity index (χ3v) is 5.51. The SMILES string of the molecule is O=C(O)C1CC1C(=O)O.O=C(O)CCCCCCCCCCCCCCCBr. The molecular formula is C21H37BrO6. The van der Waals surface area contributed by atoms with Gasteiger partial charge in [0.25, 0.3) is 0 Å². The van der Waals surface area contributed by atoms with Gasteiger partial charge in [-0.25, -0.2) is 0 Å². The second-order valence-electron chi connectivity index (χ2n) is 7.55. The van der Waals surface area contributed by atoms with Crippen LogP contribution in [0.3, 0.4) is 0 Å². The van der Waals surface area contributed by atoms with E-state index in [1.54, 1.807) is 0 Å². The minimum Gasteiger partial charge on any atom is -0.481 e. The van der Waals surface area contributed by atoms with Crippen LogP contribution in [0.15, 0.2) is 0 Å². The molecule has 0 heterocycles. The molecule has 0 bridgehead atoms. The van der Waals surface area contributed by atoms with E-state index in [1.807, 2.05) is 0 Å². The van der Waals surface area contributed by atoms with Gasteiger partial charge in [-0.1, -0.05) is 86.6 Å². The van der Waals surface area contributed by atoms with Crippen molar-refractivity contribution in [3.05, 3.63) is 0 Å². The number of hydrogen-bond donors (Lipinski definition) is 3. The van der Waals surface area contributed by atoms with E-state index in [0.29, 0.717) is 12.8 Å². The Morgan fingerprint density at radius 1 is 0.607 bits per heavy atom. The summed E-state index contributed by atoms with van der Waals surface area (Å²) >= 11 is 3.46. The van der Waals surface area contributed by atoms with E-state index in [2.05, 4.69) is 15.9 Å². The summed E-state index contributed by atoms with van der Waals surface area (Å²) in [6, 6.07) is 0. The number of halogens is 1. The fraction of sp³-hybridized carbons (Fsp3) is 0.857. The molecule has 0 aromatic carbocycles. The quantitative estimate of drug-likeness (QED) is 0.187. The highest BCUT2D eigenvalue weighted by Crippen LogP contribution is 2.38. The lowest BCUT2D eigenvalue weighted by Crippen LogP contribution is -2.05. The van der Waals surface area contributed by atoms with E-state index < -0.39 is 29.7 Å². The van der Waals surface area contributed by atoms with Crippen LogP contribution >= 0.6 is 15.9 Å². The maximum atomic E-state index is 10.3. The molecule has 7 heteroatoms. The molecule has 1 fully saturated rings. The molecule has 164 valence electrons. The van der Waals surface area contributed by atoms with Gasteiger partial charge in [0.1, 0.15) is 0 Å². The van der Waals surface area contributed by atoms with Crippen molar-refractivity contribution in [1.29, 1.82) is 0 Å². The monoisotopic (exact) mass is 464 g/mol. The summed E-state index contributed by atoms with van der Waals surface area (Å²) in [5.41, 5.74) is 0. The summed E-state index contributed by atoms with van der Waals surface area (Å²) in [5, 5.41) is 26.1. The first-order valence-electron chi connectivity index (χ1n) is 10.6. The molecule has 0 aromatic rings. The van der Waals surface area contributed by atoms with Gasteiger partial charge in [-0.3, -0.25) is 14.4 Å². The van der Waals surface area contributed by atoms with Crippen molar-refractivity contribution < 1.29 is 29.7 Å². The highest BCUT2D eigenvalue weighted by Gasteiger charge is 2.48. The van der Waals surface area contributed by atoms with Crippen LogP contribution in [0, 0.1) is 11.8 Å². The van der Waals surface area contributed by atoms with Crippen LogP contribution in [-0.4, -0.2) is 38.6 Å². The average molecular weight is 465 g/mol. The summed E-state index contributed by atoms with van der Waals surface area (Å²) in [7, 11) is 0. The minimum atomic E-state index is -0.998. The van der Waals surface area contributed by atoms with Crippen LogP contribution in [-0.2, 0) is 14.4 Å². The number of hydrogen-bond acceptors (Lipinski definition) is 3. The molecule has 1 rings (SSSR count). The summed E-state index contributed by atoms with van der Waals surface area (Å²) in [6.45, 7) is 0. The number of alkyl halides is 1. The maximum Gasteiger partial charge on any atom is 0.307 e. The number of unbranched alkanes of at least 4 members (excludes halogenated alkanes) is 12. The average Bonchev–Trinajstić information content (AvgIpc) is 3.44. The van der Waals surface area contributed by atoms with Gasteiger partial charge >= 0.3 is 17.9 Å². The zero-order valence-corrected chi connectivity index (χ0v) is 18.5. The second-order valence-corrected chi connectivity index (χ2v) is 8.35. The number of rotatable bonds is 17. The highest BCUT2D eigenvalue weighted by atomic mass is 79.9. The van der Waals surface area contributed by atoms with Gasteiger partial charge in [-0.2, -0.15) is 0 Å². The predicted molar refractivity (Wildman–Crippen MR) is 113 cm³/mol. The molecule has 0 saturated heterocycles. The first-order valence-corrected chi connectivity index (χ1v) is 11.8. The number of carboxylic acids is 3. The second kappa shape index (κ2) is 18.0. The fourth-order valence-corrected chi connectivity index (χ4v) is 3.45. The Balaban J connectivity index is 0.000000668. The lowest BCUT2D eigenvalue weighted by molar-refractivity contribution is -0.144. The van der Waals surface area contributed by atoms with E-state index >= 15 is 0 Å². The molecule has 1 aliphatic carbocycles. The Hall–Kier alpha value is -1.11. The van der Waals surface area contributed by atoms with Crippen molar-refractivity contribution in [1.82, 2.24) is 0 Å². The molecule has 6 nitrogen and oxygen atoms in total. The van der Waals surface area contributed by atoms with E-state index in [1.165, 1.54) is 70.6 Å². The van der Waals surface area contributed by atoms with Crippen molar-refractivity contribution in [2.75, 3.05) is 5.33 Å². The van der Waals surface area contributed by atoms with Crippen molar-refractivity contribution in [2.24, 2.45) is 11.8 Å². The molecule has 28 heavy (non-hydrogen) atoms. The number of aliphatic carboxylic acids is 3. The zero-order valence-electron chi connectivity index (χ0n) is 16.9. The molecule has 1 aliphatic rings. The normalized spacial score (nSPS) is 17.5. The molecule has 0 aliphatic heterocycles. The van der Waals surface area contributed by atoms with Crippen LogP contribution in [0.2, 0.25) is 0 Å². The predicted octanol–water partition coefficient (Wildman–Crippen LogP) is 5.72. The molecule has 2 unspecified atom stereocenters. The first-order chi connectivity index (χ1) is 13.4. The molecule has 0 amide bonds. The smallest absolute Gasteiger partial charge is 0.307 e. The van der Waals surface area contributed by atoms with E-state index in [0.717, 1.165) is 18.2 Å². The summed E-state index contributed by atoms with van der Waals surface area (Å²) in [5.74, 6) is -3.90. The molecule has 3 N–H and O–H groups in total.